The molecule has 0 aromatic heterocycles. The minimum Gasteiger partial charge on any atom is -0.322 e. The smallest absolute Gasteiger partial charge is 0.288 e. The van der Waals surface area contributed by atoms with E-state index in [9.17, 15) is 13.6 Å². The number of benzene rings is 2. The molecule has 104 valence electrons. The predicted molar refractivity (Wildman–Crippen MR) is 80.4 cm³/mol. The van der Waals surface area contributed by atoms with Gasteiger partial charge in [0.15, 0.2) is 0 Å². The van der Waals surface area contributed by atoms with E-state index in [1.165, 1.54) is 0 Å². The molecular weight excluding hydrogens is 348 g/mol. The summed E-state index contributed by atoms with van der Waals surface area (Å²) in [6.07, 6.45) is 0. The van der Waals surface area contributed by atoms with Crippen LogP contribution < -0.4 is 5.32 Å². The van der Waals surface area contributed by atoms with Gasteiger partial charge in [-0.3, -0.25) is 4.79 Å². The number of carbonyl (C=O) groups is 1. The number of rotatable bonds is 4. The van der Waals surface area contributed by atoms with E-state index in [-0.39, 0.29) is 5.91 Å². The van der Waals surface area contributed by atoms with Crippen molar-refractivity contribution in [2.45, 2.75) is 10.7 Å². The molecule has 0 saturated carbocycles. The summed E-state index contributed by atoms with van der Waals surface area (Å²) < 4.78 is 25.1. The van der Waals surface area contributed by atoms with Crippen molar-refractivity contribution < 1.29 is 13.6 Å². The Labute approximate surface area is 127 Å². The van der Waals surface area contributed by atoms with Gasteiger partial charge in [0.2, 0.25) is 0 Å². The van der Waals surface area contributed by atoms with Crippen molar-refractivity contribution in [1.29, 1.82) is 0 Å². The highest BCUT2D eigenvalue weighted by molar-refractivity contribution is 9.10. The Hall–Kier alpha value is -1.40. The van der Waals surface area contributed by atoms with Crippen LogP contribution in [-0.2, 0) is 0 Å². The number of nitrogens with one attached hydrogen (secondary N) is 1. The van der Waals surface area contributed by atoms with Crippen molar-refractivity contribution in [2.75, 3.05) is 5.32 Å². The van der Waals surface area contributed by atoms with Crippen LogP contribution in [0.5, 0.6) is 0 Å². The van der Waals surface area contributed by atoms with Gasteiger partial charge in [-0.05, 0) is 52.3 Å². The average molecular weight is 358 g/mol. The van der Waals surface area contributed by atoms with E-state index in [0.717, 1.165) is 0 Å². The lowest BCUT2D eigenvalue weighted by molar-refractivity contribution is 0.102. The van der Waals surface area contributed by atoms with Crippen molar-refractivity contribution in [3.05, 3.63) is 58.6 Å². The molecule has 1 amide bonds. The molecule has 0 fully saturated rings. The lowest BCUT2D eigenvalue weighted by Gasteiger charge is -2.07. The summed E-state index contributed by atoms with van der Waals surface area (Å²) in [5.74, 6) is -2.71. The molecule has 0 saturated heterocycles. The molecule has 2 aromatic rings. The molecule has 0 aliphatic heterocycles. The molecule has 2 aromatic carbocycles. The number of amides is 1. The first kappa shape index (κ1) is 15.0. The number of anilines is 1. The fourth-order valence-corrected chi connectivity index (χ4v) is 2.53. The highest BCUT2D eigenvalue weighted by atomic mass is 79.9. The Balaban J connectivity index is 2.07. The van der Waals surface area contributed by atoms with E-state index < -0.39 is 5.76 Å². The topological polar surface area (TPSA) is 29.1 Å². The molecule has 0 unspecified atom stereocenters. The summed E-state index contributed by atoms with van der Waals surface area (Å²) in [6.45, 7) is 0. The normalized spacial score (nSPS) is 10.6. The summed E-state index contributed by atoms with van der Waals surface area (Å²) in [7, 11) is 0. The number of hydrogen-bond acceptors (Lipinski definition) is 2. The second kappa shape index (κ2) is 6.85. The van der Waals surface area contributed by atoms with Gasteiger partial charge in [0, 0.05) is 15.1 Å². The predicted octanol–water partition coefficient (Wildman–Crippen LogP) is 5.02. The van der Waals surface area contributed by atoms with Crippen molar-refractivity contribution in [3.8, 4) is 0 Å². The van der Waals surface area contributed by atoms with Crippen LogP contribution in [-0.4, -0.2) is 11.7 Å². The molecule has 0 aliphatic carbocycles. The van der Waals surface area contributed by atoms with E-state index >= 15 is 0 Å². The van der Waals surface area contributed by atoms with Crippen molar-refractivity contribution in [3.63, 3.8) is 0 Å². The number of thioether (sulfide) groups is 1. The van der Waals surface area contributed by atoms with Crippen LogP contribution >= 0.6 is 27.7 Å². The second-order valence-electron chi connectivity index (χ2n) is 3.84. The Morgan fingerprint density at radius 3 is 2.35 bits per heavy atom. The van der Waals surface area contributed by atoms with Gasteiger partial charge in [0.25, 0.3) is 11.7 Å². The molecule has 2 nitrogen and oxygen atoms in total. The number of hydrogen-bond donors (Lipinski definition) is 1. The van der Waals surface area contributed by atoms with Gasteiger partial charge >= 0.3 is 0 Å². The first-order valence-electron chi connectivity index (χ1n) is 5.67. The van der Waals surface area contributed by atoms with E-state index in [1.807, 2.05) is 6.07 Å². The summed E-state index contributed by atoms with van der Waals surface area (Å²) >= 11 is 3.77. The van der Waals surface area contributed by atoms with Crippen LogP contribution in [0.15, 0.2) is 57.9 Å². The molecule has 2 rings (SSSR count). The van der Waals surface area contributed by atoms with Gasteiger partial charge in [-0.25, -0.2) is 0 Å². The number of carbonyl (C=O) groups excluding carboxylic acids is 1. The lowest BCUT2D eigenvalue weighted by Crippen LogP contribution is -2.12. The standard InChI is InChI=1S/C14H10BrF2NOS/c15-12-4-2-1-3-11(12)13(19)18-9-5-7-10(8-6-9)20-14(16)17/h1-8,14H,(H,18,19). The first-order chi connectivity index (χ1) is 9.56. The van der Waals surface area contributed by atoms with Crippen LogP contribution in [0.4, 0.5) is 14.5 Å². The molecule has 20 heavy (non-hydrogen) atoms. The Morgan fingerprint density at radius 2 is 1.75 bits per heavy atom. The van der Waals surface area contributed by atoms with Gasteiger partial charge in [0.05, 0.1) is 5.56 Å². The van der Waals surface area contributed by atoms with Crippen LogP contribution in [0.25, 0.3) is 0 Å². The number of halogens is 3. The first-order valence-corrected chi connectivity index (χ1v) is 7.34. The minimum atomic E-state index is -2.45. The fourth-order valence-electron chi connectivity index (χ4n) is 1.56. The molecule has 6 heteroatoms. The summed E-state index contributed by atoms with van der Waals surface area (Å²) in [5, 5.41) is 2.71. The molecule has 0 spiro atoms. The second-order valence-corrected chi connectivity index (χ2v) is 5.75. The molecular formula is C14H10BrF2NOS. The third-order valence-electron chi connectivity index (χ3n) is 2.46. The molecule has 1 N–H and O–H groups in total. The average Bonchev–Trinajstić information content (AvgIpc) is 2.41. The molecule has 0 radical (unpaired) electrons. The zero-order valence-electron chi connectivity index (χ0n) is 10.1. The molecule has 0 atom stereocenters. The largest absolute Gasteiger partial charge is 0.322 e. The van der Waals surface area contributed by atoms with E-state index in [4.69, 9.17) is 0 Å². The third-order valence-corrected chi connectivity index (χ3v) is 3.87. The Bertz CT molecular complexity index is 604. The van der Waals surface area contributed by atoms with Crippen LogP contribution in [0, 0.1) is 0 Å². The van der Waals surface area contributed by atoms with Gasteiger partial charge in [-0.2, -0.15) is 8.78 Å². The van der Waals surface area contributed by atoms with Gasteiger partial charge in [-0.15, -0.1) is 0 Å². The molecule has 0 heterocycles. The van der Waals surface area contributed by atoms with Crippen molar-refractivity contribution in [2.24, 2.45) is 0 Å². The van der Waals surface area contributed by atoms with E-state index in [1.54, 1.807) is 42.5 Å². The lowest BCUT2D eigenvalue weighted by atomic mass is 10.2. The van der Waals surface area contributed by atoms with Crippen LogP contribution in [0.3, 0.4) is 0 Å². The highest BCUT2D eigenvalue weighted by Gasteiger charge is 2.10. The summed E-state index contributed by atoms with van der Waals surface area (Å²) in [5.41, 5.74) is 1.07. The quantitative estimate of drug-likeness (QED) is 0.778. The Kier molecular flexibility index (Phi) is 5.14. The van der Waals surface area contributed by atoms with E-state index in [2.05, 4.69) is 21.2 Å². The highest BCUT2D eigenvalue weighted by Crippen LogP contribution is 2.26. The zero-order chi connectivity index (χ0) is 14.5. The monoisotopic (exact) mass is 357 g/mol. The van der Waals surface area contributed by atoms with Crippen LogP contribution in [0.2, 0.25) is 0 Å². The zero-order valence-corrected chi connectivity index (χ0v) is 12.5. The molecule has 0 bridgehead atoms. The molecule has 0 aliphatic rings. The maximum Gasteiger partial charge on any atom is 0.288 e. The van der Waals surface area contributed by atoms with Crippen LogP contribution in [0.1, 0.15) is 10.4 Å². The number of alkyl halides is 2. The maximum atomic E-state index is 12.2. The van der Waals surface area contributed by atoms with Gasteiger partial charge in [0.1, 0.15) is 0 Å². The third kappa shape index (κ3) is 4.05. The maximum absolute atomic E-state index is 12.2. The summed E-state index contributed by atoms with van der Waals surface area (Å²) in [4.78, 5) is 12.5. The fraction of sp³-hybridized carbons (Fsp3) is 0.0714. The van der Waals surface area contributed by atoms with E-state index in [0.29, 0.717) is 32.4 Å². The summed E-state index contributed by atoms with van der Waals surface area (Å²) in [6, 6.07) is 13.3. The Morgan fingerprint density at radius 1 is 1.10 bits per heavy atom. The van der Waals surface area contributed by atoms with Crippen molar-refractivity contribution >= 4 is 39.3 Å². The van der Waals surface area contributed by atoms with Gasteiger partial charge in [-0.1, -0.05) is 23.9 Å². The minimum absolute atomic E-state index is 0.258. The van der Waals surface area contributed by atoms with Crippen molar-refractivity contribution in [1.82, 2.24) is 0 Å². The van der Waals surface area contributed by atoms with Gasteiger partial charge < -0.3 is 5.32 Å². The SMILES string of the molecule is O=C(Nc1ccc(SC(F)F)cc1)c1ccccc1Br.